The van der Waals surface area contributed by atoms with Gasteiger partial charge in [-0.15, -0.1) is 0 Å². The molecule has 0 saturated heterocycles. The average molecular weight is 223 g/mol. The number of carbonyl (C=O) groups is 1. The van der Waals surface area contributed by atoms with Crippen LogP contribution in [0, 0.1) is 11.8 Å². The average Bonchev–Trinajstić information content (AvgIpc) is 2.40. The Bertz CT molecular complexity index is 324. The summed E-state index contributed by atoms with van der Waals surface area (Å²) in [6, 6.07) is 0. The topological polar surface area (TPSA) is 63.3 Å². The number of hydrogen-bond acceptors (Lipinski definition) is 2. The first kappa shape index (κ1) is 11.6. The second-order valence-corrected chi connectivity index (χ2v) is 5.41. The van der Waals surface area contributed by atoms with Crippen LogP contribution >= 0.6 is 0 Å². The molecule has 3 heteroatoms. The minimum absolute atomic E-state index is 0.0992. The summed E-state index contributed by atoms with van der Waals surface area (Å²) in [7, 11) is 0. The van der Waals surface area contributed by atoms with Crippen LogP contribution in [-0.2, 0) is 4.79 Å². The van der Waals surface area contributed by atoms with Gasteiger partial charge in [0, 0.05) is 5.54 Å². The standard InChI is InChI=1S/C13H21NO2/c1-9-11-6-4-2-3-5-10(11)7-13(9,14)8-12(15)16/h6,9-10H,2-5,7-8,14H2,1H3,(H,15,16). The maximum absolute atomic E-state index is 10.9. The molecule has 1 saturated carbocycles. The van der Waals surface area contributed by atoms with Crippen LogP contribution in [0.2, 0.25) is 0 Å². The number of allylic oxidation sites excluding steroid dienone is 1. The first-order valence-corrected chi connectivity index (χ1v) is 6.23. The van der Waals surface area contributed by atoms with E-state index in [4.69, 9.17) is 10.8 Å². The molecule has 2 aliphatic carbocycles. The van der Waals surface area contributed by atoms with Crippen LogP contribution in [0.25, 0.3) is 0 Å². The van der Waals surface area contributed by atoms with Crippen LogP contribution in [-0.4, -0.2) is 16.6 Å². The van der Waals surface area contributed by atoms with E-state index in [2.05, 4.69) is 13.0 Å². The van der Waals surface area contributed by atoms with Gasteiger partial charge in [0.1, 0.15) is 0 Å². The molecular weight excluding hydrogens is 202 g/mol. The normalized spacial score (nSPS) is 38.8. The van der Waals surface area contributed by atoms with Crippen molar-refractivity contribution in [1.82, 2.24) is 0 Å². The fraction of sp³-hybridized carbons (Fsp3) is 0.769. The number of rotatable bonds is 2. The molecule has 0 bridgehead atoms. The molecule has 0 aromatic rings. The number of fused-ring (bicyclic) bond motifs is 1. The molecule has 0 heterocycles. The Hall–Kier alpha value is -0.830. The van der Waals surface area contributed by atoms with Gasteiger partial charge in [0.15, 0.2) is 0 Å². The molecule has 3 unspecified atom stereocenters. The van der Waals surface area contributed by atoms with E-state index in [0.29, 0.717) is 5.92 Å². The molecule has 0 aromatic carbocycles. The van der Waals surface area contributed by atoms with Crippen molar-refractivity contribution in [1.29, 1.82) is 0 Å². The third-order valence-electron chi connectivity index (χ3n) is 4.33. The Kier molecular flexibility index (Phi) is 3.06. The van der Waals surface area contributed by atoms with E-state index in [1.807, 2.05) is 0 Å². The van der Waals surface area contributed by atoms with Gasteiger partial charge in [-0.2, -0.15) is 0 Å². The summed E-state index contributed by atoms with van der Waals surface area (Å²) < 4.78 is 0. The summed E-state index contributed by atoms with van der Waals surface area (Å²) in [6.45, 7) is 2.10. The van der Waals surface area contributed by atoms with Crippen molar-refractivity contribution < 1.29 is 9.90 Å². The third-order valence-corrected chi connectivity index (χ3v) is 4.33. The minimum atomic E-state index is -0.772. The first-order chi connectivity index (χ1) is 7.53. The zero-order valence-corrected chi connectivity index (χ0v) is 9.91. The summed E-state index contributed by atoms with van der Waals surface area (Å²) in [4.78, 5) is 10.9. The molecule has 0 aromatic heterocycles. The van der Waals surface area contributed by atoms with Crippen LogP contribution < -0.4 is 5.73 Å². The van der Waals surface area contributed by atoms with Crippen molar-refractivity contribution >= 4 is 5.97 Å². The second-order valence-electron chi connectivity index (χ2n) is 5.41. The van der Waals surface area contributed by atoms with Gasteiger partial charge in [0.05, 0.1) is 6.42 Å². The number of aliphatic carboxylic acids is 1. The third kappa shape index (κ3) is 2.01. The lowest BCUT2D eigenvalue weighted by Crippen LogP contribution is -2.44. The first-order valence-electron chi connectivity index (χ1n) is 6.23. The molecular formula is C13H21NO2. The smallest absolute Gasteiger partial charge is 0.305 e. The van der Waals surface area contributed by atoms with Gasteiger partial charge in [-0.25, -0.2) is 0 Å². The predicted octanol–water partition coefficient (Wildman–Crippen LogP) is 2.31. The SMILES string of the molecule is CC1C2=CCCCCC2CC1(N)CC(=O)O. The molecule has 0 radical (unpaired) electrons. The molecule has 90 valence electrons. The molecule has 0 spiro atoms. The lowest BCUT2D eigenvalue weighted by molar-refractivity contribution is -0.138. The molecule has 2 aliphatic rings. The van der Waals surface area contributed by atoms with Gasteiger partial charge < -0.3 is 10.8 Å². The minimum Gasteiger partial charge on any atom is -0.481 e. The number of carboxylic acids is 1. The van der Waals surface area contributed by atoms with Gasteiger partial charge in [0.25, 0.3) is 0 Å². The lowest BCUT2D eigenvalue weighted by Gasteiger charge is -2.27. The highest BCUT2D eigenvalue weighted by atomic mass is 16.4. The van der Waals surface area contributed by atoms with Crippen LogP contribution in [0.5, 0.6) is 0 Å². The van der Waals surface area contributed by atoms with Crippen LogP contribution in [0.15, 0.2) is 11.6 Å². The highest BCUT2D eigenvalue weighted by molar-refractivity contribution is 5.69. The molecule has 0 aliphatic heterocycles. The zero-order valence-electron chi connectivity index (χ0n) is 9.91. The molecule has 16 heavy (non-hydrogen) atoms. The van der Waals surface area contributed by atoms with E-state index in [1.165, 1.54) is 24.8 Å². The Labute approximate surface area is 96.7 Å². The fourth-order valence-corrected chi connectivity index (χ4v) is 3.36. The van der Waals surface area contributed by atoms with Crippen LogP contribution in [0.3, 0.4) is 0 Å². The molecule has 3 nitrogen and oxygen atoms in total. The van der Waals surface area contributed by atoms with E-state index in [0.717, 1.165) is 12.8 Å². The summed E-state index contributed by atoms with van der Waals surface area (Å²) in [5.41, 5.74) is 7.21. The monoisotopic (exact) mass is 223 g/mol. The highest BCUT2D eigenvalue weighted by Crippen LogP contribution is 2.47. The van der Waals surface area contributed by atoms with Crippen molar-refractivity contribution in [2.75, 3.05) is 0 Å². The quantitative estimate of drug-likeness (QED) is 0.706. The van der Waals surface area contributed by atoms with E-state index in [1.54, 1.807) is 0 Å². The van der Waals surface area contributed by atoms with E-state index >= 15 is 0 Å². The molecule has 3 N–H and O–H groups in total. The predicted molar refractivity (Wildman–Crippen MR) is 63.0 cm³/mol. The van der Waals surface area contributed by atoms with Gasteiger partial charge in [-0.1, -0.05) is 25.0 Å². The summed E-state index contributed by atoms with van der Waals surface area (Å²) in [6.07, 6.45) is 8.12. The van der Waals surface area contributed by atoms with Crippen LogP contribution in [0.1, 0.15) is 45.4 Å². The van der Waals surface area contributed by atoms with Gasteiger partial charge in [-0.3, -0.25) is 4.79 Å². The van der Waals surface area contributed by atoms with Gasteiger partial charge >= 0.3 is 5.97 Å². The molecule has 0 amide bonds. The Balaban J connectivity index is 2.20. The van der Waals surface area contributed by atoms with Crippen molar-refractivity contribution in [3.05, 3.63) is 11.6 Å². The molecule has 2 rings (SSSR count). The summed E-state index contributed by atoms with van der Waals surface area (Å²) in [5, 5.41) is 8.95. The second kappa shape index (κ2) is 4.21. The number of hydrogen-bond donors (Lipinski definition) is 2. The highest BCUT2D eigenvalue weighted by Gasteiger charge is 2.46. The maximum atomic E-state index is 10.9. The number of carboxylic acid groups (broad SMARTS) is 1. The van der Waals surface area contributed by atoms with Crippen molar-refractivity contribution in [2.45, 2.75) is 51.0 Å². The maximum Gasteiger partial charge on any atom is 0.305 e. The fourth-order valence-electron chi connectivity index (χ4n) is 3.36. The van der Waals surface area contributed by atoms with Gasteiger partial charge in [0.2, 0.25) is 0 Å². The van der Waals surface area contributed by atoms with E-state index in [-0.39, 0.29) is 12.3 Å². The zero-order chi connectivity index (χ0) is 11.8. The summed E-state index contributed by atoms with van der Waals surface area (Å²) in [5.74, 6) is -0.0000376. The lowest BCUT2D eigenvalue weighted by atomic mass is 9.84. The molecule has 1 fully saturated rings. The van der Waals surface area contributed by atoms with Crippen molar-refractivity contribution in [2.24, 2.45) is 17.6 Å². The van der Waals surface area contributed by atoms with Crippen molar-refractivity contribution in [3.8, 4) is 0 Å². The largest absolute Gasteiger partial charge is 0.481 e. The van der Waals surface area contributed by atoms with E-state index in [9.17, 15) is 4.79 Å². The van der Waals surface area contributed by atoms with Gasteiger partial charge in [-0.05, 0) is 37.5 Å². The van der Waals surface area contributed by atoms with Crippen LogP contribution in [0.4, 0.5) is 0 Å². The Morgan fingerprint density at radius 1 is 1.62 bits per heavy atom. The Morgan fingerprint density at radius 2 is 2.38 bits per heavy atom. The summed E-state index contributed by atoms with van der Waals surface area (Å²) >= 11 is 0. The van der Waals surface area contributed by atoms with E-state index < -0.39 is 11.5 Å². The number of nitrogens with two attached hydrogens (primary N) is 1. The molecule has 3 atom stereocenters. The Morgan fingerprint density at radius 3 is 3.06 bits per heavy atom. The van der Waals surface area contributed by atoms with Crippen molar-refractivity contribution in [3.63, 3.8) is 0 Å².